The van der Waals surface area contributed by atoms with Gasteiger partial charge in [0.2, 0.25) is 0 Å². The molecule has 0 bridgehead atoms. The number of carboxylic acids is 1. The SMILES string of the molecule is O=C(O)c1ncoc1-c1ccncc1. The highest BCUT2D eigenvalue weighted by Gasteiger charge is 2.16. The molecule has 0 fully saturated rings. The number of hydrogen-bond acceptors (Lipinski definition) is 4. The largest absolute Gasteiger partial charge is 0.476 e. The Labute approximate surface area is 79.0 Å². The molecule has 0 saturated heterocycles. The zero-order chi connectivity index (χ0) is 9.97. The quantitative estimate of drug-likeness (QED) is 0.775. The summed E-state index contributed by atoms with van der Waals surface area (Å²) in [6, 6.07) is 3.32. The van der Waals surface area contributed by atoms with Crippen LogP contribution in [0.2, 0.25) is 0 Å². The molecule has 2 heterocycles. The number of aromatic nitrogens is 2. The second kappa shape index (κ2) is 3.29. The number of rotatable bonds is 2. The van der Waals surface area contributed by atoms with E-state index in [0.29, 0.717) is 5.56 Å². The van der Waals surface area contributed by atoms with Crippen LogP contribution in [0.15, 0.2) is 35.3 Å². The van der Waals surface area contributed by atoms with Gasteiger partial charge >= 0.3 is 5.97 Å². The van der Waals surface area contributed by atoms with Crippen LogP contribution in [0.3, 0.4) is 0 Å². The molecule has 0 saturated carbocycles. The molecule has 0 radical (unpaired) electrons. The molecule has 2 rings (SSSR count). The molecular formula is C9H6N2O3. The van der Waals surface area contributed by atoms with Gasteiger partial charge in [0.25, 0.3) is 0 Å². The van der Waals surface area contributed by atoms with Crippen molar-refractivity contribution in [2.75, 3.05) is 0 Å². The number of carboxylic acid groups (broad SMARTS) is 1. The molecule has 0 unspecified atom stereocenters. The van der Waals surface area contributed by atoms with E-state index in [9.17, 15) is 4.79 Å². The van der Waals surface area contributed by atoms with Crippen LogP contribution in [-0.2, 0) is 0 Å². The number of pyridine rings is 1. The Bertz CT molecular complexity index is 450. The van der Waals surface area contributed by atoms with Gasteiger partial charge in [-0.25, -0.2) is 9.78 Å². The Kier molecular flexibility index (Phi) is 1.98. The van der Waals surface area contributed by atoms with E-state index in [0.717, 1.165) is 6.39 Å². The van der Waals surface area contributed by atoms with Crippen LogP contribution >= 0.6 is 0 Å². The van der Waals surface area contributed by atoms with Crippen molar-refractivity contribution >= 4 is 5.97 Å². The molecule has 0 atom stereocenters. The zero-order valence-corrected chi connectivity index (χ0v) is 7.04. The zero-order valence-electron chi connectivity index (χ0n) is 7.04. The summed E-state index contributed by atoms with van der Waals surface area (Å²) >= 11 is 0. The van der Waals surface area contributed by atoms with Gasteiger partial charge < -0.3 is 9.52 Å². The lowest BCUT2D eigenvalue weighted by atomic mass is 10.2. The van der Waals surface area contributed by atoms with Crippen LogP contribution in [0.25, 0.3) is 11.3 Å². The van der Waals surface area contributed by atoms with Gasteiger partial charge in [-0.15, -0.1) is 0 Å². The maximum atomic E-state index is 10.7. The summed E-state index contributed by atoms with van der Waals surface area (Å²) in [6.45, 7) is 0. The molecule has 0 aliphatic carbocycles. The second-order valence-electron chi connectivity index (χ2n) is 2.57. The molecule has 2 aromatic rings. The minimum Gasteiger partial charge on any atom is -0.476 e. The molecule has 0 aliphatic heterocycles. The third-order valence-corrected chi connectivity index (χ3v) is 1.71. The van der Waals surface area contributed by atoms with Gasteiger partial charge in [0.15, 0.2) is 17.8 Å². The summed E-state index contributed by atoms with van der Waals surface area (Å²) < 4.78 is 4.99. The molecule has 1 N–H and O–H groups in total. The van der Waals surface area contributed by atoms with Crippen molar-refractivity contribution in [1.82, 2.24) is 9.97 Å². The number of carbonyl (C=O) groups is 1. The van der Waals surface area contributed by atoms with E-state index in [1.54, 1.807) is 24.5 Å². The molecular weight excluding hydrogens is 184 g/mol. The second-order valence-corrected chi connectivity index (χ2v) is 2.57. The van der Waals surface area contributed by atoms with E-state index in [-0.39, 0.29) is 11.5 Å². The average molecular weight is 190 g/mol. The number of nitrogens with zero attached hydrogens (tertiary/aromatic N) is 2. The van der Waals surface area contributed by atoms with Crippen LogP contribution in [0, 0.1) is 0 Å². The first-order valence-electron chi connectivity index (χ1n) is 3.86. The van der Waals surface area contributed by atoms with Crippen molar-refractivity contribution < 1.29 is 14.3 Å². The third-order valence-electron chi connectivity index (χ3n) is 1.71. The number of hydrogen-bond donors (Lipinski definition) is 1. The van der Waals surface area contributed by atoms with Gasteiger partial charge in [-0.05, 0) is 12.1 Å². The van der Waals surface area contributed by atoms with Gasteiger partial charge in [0.05, 0.1) is 0 Å². The van der Waals surface area contributed by atoms with Gasteiger partial charge in [-0.1, -0.05) is 0 Å². The predicted molar refractivity (Wildman–Crippen MR) is 46.7 cm³/mol. The minimum absolute atomic E-state index is 0.0869. The van der Waals surface area contributed by atoms with E-state index < -0.39 is 5.97 Å². The normalized spacial score (nSPS) is 10.0. The highest BCUT2D eigenvalue weighted by Crippen LogP contribution is 2.21. The first kappa shape index (κ1) is 8.43. The lowest BCUT2D eigenvalue weighted by Gasteiger charge is -1.95. The Morgan fingerprint density at radius 2 is 2.07 bits per heavy atom. The Morgan fingerprint density at radius 1 is 1.36 bits per heavy atom. The van der Waals surface area contributed by atoms with Crippen molar-refractivity contribution in [3.8, 4) is 11.3 Å². The summed E-state index contributed by atoms with van der Waals surface area (Å²) in [4.78, 5) is 18.1. The Balaban J connectivity index is 2.52. The maximum absolute atomic E-state index is 10.7. The fourth-order valence-corrected chi connectivity index (χ4v) is 1.11. The first-order valence-corrected chi connectivity index (χ1v) is 3.86. The molecule has 14 heavy (non-hydrogen) atoms. The Morgan fingerprint density at radius 3 is 2.71 bits per heavy atom. The highest BCUT2D eigenvalue weighted by molar-refractivity contribution is 5.91. The Hall–Kier alpha value is -2.17. The molecule has 5 nitrogen and oxygen atoms in total. The molecule has 0 spiro atoms. The smallest absolute Gasteiger partial charge is 0.358 e. The van der Waals surface area contributed by atoms with Crippen molar-refractivity contribution in [3.05, 3.63) is 36.6 Å². The number of aromatic carboxylic acids is 1. The van der Waals surface area contributed by atoms with Crippen LogP contribution in [-0.4, -0.2) is 21.0 Å². The predicted octanol–water partition coefficient (Wildman–Crippen LogP) is 1.43. The fourth-order valence-electron chi connectivity index (χ4n) is 1.11. The maximum Gasteiger partial charge on any atom is 0.358 e. The monoisotopic (exact) mass is 190 g/mol. The molecule has 5 heteroatoms. The van der Waals surface area contributed by atoms with Gasteiger partial charge in [0, 0.05) is 18.0 Å². The van der Waals surface area contributed by atoms with Crippen LogP contribution < -0.4 is 0 Å². The summed E-state index contributed by atoms with van der Waals surface area (Å²) in [5, 5.41) is 8.78. The van der Waals surface area contributed by atoms with Crippen LogP contribution in [0.1, 0.15) is 10.5 Å². The van der Waals surface area contributed by atoms with Gasteiger partial charge in [-0.3, -0.25) is 4.98 Å². The summed E-state index contributed by atoms with van der Waals surface area (Å²) in [6.07, 6.45) is 4.23. The number of oxazole rings is 1. The van der Waals surface area contributed by atoms with E-state index in [4.69, 9.17) is 9.52 Å². The van der Waals surface area contributed by atoms with Crippen molar-refractivity contribution in [2.45, 2.75) is 0 Å². The lowest BCUT2D eigenvalue weighted by Crippen LogP contribution is -1.98. The van der Waals surface area contributed by atoms with Crippen LogP contribution in [0.4, 0.5) is 0 Å². The molecule has 0 aliphatic rings. The van der Waals surface area contributed by atoms with E-state index in [1.165, 1.54) is 0 Å². The van der Waals surface area contributed by atoms with Crippen molar-refractivity contribution in [3.63, 3.8) is 0 Å². The van der Waals surface area contributed by atoms with Crippen molar-refractivity contribution in [1.29, 1.82) is 0 Å². The molecule has 2 aromatic heterocycles. The first-order chi connectivity index (χ1) is 6.79. The fraction of sp³-hybridized carbons (Fsp3) is 0. The van der Waals surface area contributed by atoms with E-state index in [1.807, 2.05) is 0 Å². The summed E-state index contributed by atoms with van der Waals surface area (Å²) in [5.74, 6) is -0.856. The minimum atomic E-state index is -1.11. The average Bonchev–Trinajstić information content (AvgIpc) is 2.67. The lowest BCUT2D eigenvalue weighted by molar-refractivity contribution is 0.0691. The van der Waals surface area contributed by atoms with Crippen LogP contribution in [0.5, 0.6) is 0 Å². The third kappa shape index (κ3) is 1.35. The van der Waals surface area contributed by atoms with Gasteiger partial charge in [-0.2, -0.15) is 0 Å². The van der Waals surface area contributed by atoms with Crippen molar-refractivity contribution in [2.24, 2.45) is 0 Å². The summed E-state index contributed by atoms with van der Waals surface area (Å²) in [5.41, 5.74) is 0.561. The van der Waals surface area contributed by atoms with Gasteiger partial charge in [0.1, 0.15) is 0 Å². The van der Waals surface area contributed by atoms with E-state index >= 15 is 0 Å². The standard InChI is InChI=1S/C9H6N2O3/c12-9(13)7-8(14-5-11-7)6-1-3-10-4-2-6/h1-5H,(H,12,13). The molecule has 70 valence electrons. The molecule has 0 amide bonds. The molecule has 0 aromatic carbocycles. The topological polar surface area (TPSA) is 76.2 Å². The summed E-state index contributed by atoms with van der Waals surface area (Å²) in [7, 11) is 0. The van der Waals surface area contributed by atoms with E-state index in [2.05, 4.69) is 9.97 Å². The highest BCUT2D eigenvalue weighted by atomic mass is 16.4.